The van der Waals surface area contributed by atoms with Crippen molar-refractivity contribution < 1.29 is 4.79 Å². The molecular formula is C20H30N4O. The summed E-state index contributed by atoms with van der Waals surface area (Å²) in [7, 11) is 5.99. The molecule has 0 spiro atoms. The number of rotatable bonds is 10. The van der Waals surface area contributed by atoms with Crippen molar-refractivity contribution in [2.45, 2.75) is 25.7 Å². The van der Waals surface area contributed by atoms with E-state index in [4.69, 9.17) is 0 Å². The van der Waals surface area contributed by atoms with Crippen molar-refractivity contribution in [2.75, 3.05) is 33.7 Å². The Morgan fingerprint density at radius 2 is 1.80 bits per heavy atom. The number of aryl methyl sites for hydroxylation is 3. The number of aromatic nitrogens is 2. The number of carbonyl (C=O) groups excluding carboxylic acids is 1. The van der Waals surface area contributed by atoms with Crippen molar-refractivity contribution >= 4 is 5.91 Å². The maximum atomic E-state index is 12.7. The lowest BCUT2D eigenvalue weighted by atomic mass is 10.1. The van der Waals surface area contributed by atoms with Crippen LogP contribution in [0.5, 0.6) is 0 Å². The van der Waals surface area contributed by atoms with E-state index in [9.17, 15) is 4.79 Å². The second-order valence-corrected chi connectivity index (χ2v) is 6.80. The molecule has 0 bridgehead atoms. The molecule has 0 aliphatic carbocycles. The van der Waals surface area contributed by atoms with Crippen LogP contribution in [0.4, 0.5) is 0 Å². The van der Waals surface area contributed by atoms with E-state index >= 15 is 0 Å². The van der Waals surface area contributed by atoms with Gasteiger partial charge in [-0.15, -0.1) is 0 Å². The maximum Gasteiger partial charge on any atom is 0.222 e. The number of benzene rings is 1. The molecule has 5 heteroatoms. The van der Waals surface area contributed by atoms with Gasteiger partial charge in [-0.2, -0.15) is 5.10 Å². The van der Waals surface area contributed by atoms with E-state index in [1.165, 1.54) is 5.56 Å². The number of nitrogens with zero attached hydrogens (tertiary/aromatic N) is 4. The van der Waals surface area contributed by atoms with Gasteiger partial charge in [-0.05, 0) is 44.5 Å². The molecule has 1 aromatic heterocycles. The Balaban J connectivity index is 1.83. The zero-order valence-electron chi connectivity index (χ0n) is 15.7. The standard InChI is InChI=1S/C20H30N4O/c1-22(2)14-15-24(13-7-10-18-8-5-4-6-9-18)20(25)12-11-19-16-21-23(3)17-19/h4-6,8-9,16-17H,7,10-15H2,1-3H3. The third-order valence-corrected chi connectivity index (χ3v) is 4.29. The fourth-order valence-corrected chi connectivity index (χ4v) is 2.81. The molecule has 0 radical (unpaired) electrons. The molecule has 0 aliphatic heterocycles. The van der Waals surface area contributed by atoms with Crippen LogP contribution in [-0.2, 0) is 24.7 Å². The number of likely N-dealkylation sites (N-methyl/N-ethyl adjacent to an activating group) is 1. The topological polar surface area (TPSA) is 41.4 Å². The predicted molar refractivity (Wildman–Crippen MR) is 101 cm³/mol. The first-order chi connectivity index (χ1) is 12.0. The number of hydrogen-bond donors (Lipinski definition) is 0. The van der Waals surface area contributed by atoms with Gasteiger partial charge in [0.25, 0.3) is 0 Å². The summed E-state index contributed by atoms with van der Waals surface area (Å²) in [6.07, 6.45) is 7.12. The van der Waals surface area contributed by atoms with Crippen molar-refractivity contribution in [2.24, 2.45) is 7.05 Å². The Labute approximate surface area is 151 Å². The molecule has 0 saturated heterocycles. The smallest absolute Gasteiger partial charge is 0.222 e. The summed E-state index contributed by atoms with van der Waals surface area (Å²) in [5.74, 6) is 0.235. The van der Waals surface area contributed by atoms with E-state index in [2.05, 4.69) is 34.3 Å². The highest BCUT2D eigenvalue weighted by Crippen LogP contribution is 2.07. The van der Waals surface area contributed by atoms with Crippen LogP contribution >= 0.6 is 0 Å². The highest BCUT2D eigenvalue weighted by molar-refractivity contribution is 5.76. The summed E-state index contributed by atoms with van der Waals surface area (Å²) in [6.45, 7) is 2.49. The molecule has 136 valence electrons. The second kappa shape index (κ2) is 9.99. The van der Waals surface area contributed by atoms with Crippen LogP contribution in [0.3, 0.4) is 0 Å². The Hall–Kier alpha value is -2.14. The van der Waals surface area contributed by atoms with Crippen LogP contribution in [0, 0.1) is 0 Å². The molecule has 1 aromatic carbocycles. The zero-order valence-corrected chi connectivity index (χ0v) is 15.7. The van der Waals surface area contributed by atoms with Gasteiger partial charge in [0.1, 0.15) is 0 Å². The highest BCUT2D eigenvalue weighted by Gasteiger charge is 2.14. The Bertz CT molecular complexity index is 636. The minimum Gasteiger partial charge on any atom is -0.341 e. The summed E-state index contributed by atoms with van der Waals surface area (Å²) >= 11 is 0. The van der Waals surface area contributed by atoms with Crippen molar-refractivity contribution in [1.82, 2.24) is 19.6 Å². The normalized spacial score (nSPS) is 11.0. The van der Waals surface area contributed by atoms with Crippen LogP contribution in [0.15, 0.2) is 42.7 Å². The first-order valence-corrected chi connectivity index (χ1v) is 8.98. The Morgan fingerprint density at radius 3 is 2.44 bits per heavy atom. The average molecular weight is 342 g/mol. The lowest BCUT2D eigenvalue weighted by molar-refractivity contribution is -0.131. The molecule has 0 saturated carbocycles. The minimum atomic E-state index is 0.235. The molecule has 1 amide bonds. The van der Waals surface area contributed by atoms with Crippen LogP contribution in [0.25, 0.3) is 0 Å². The van der Waals surface area contributed by atoms with E-state index in [0.29, 0.717) is 6.42 Å². The molecule has 0 atom stereocenters. The Kier molecular flexibility index (Phi) is 7.67. The van der Waals surface area contributed by atoms with Crippen molar-refractivity contribution in [3.05, 3.63) is 53.9 Å². The molecule has 25 heavy (non-hydrogen) atoms. The van der Waals surface area contributed by atoms with E-state index in [1.54, 1.807) is 4.68 Å². The highest BCUT2D eigenvalue weighted by atomic mass is 16.2. The predicted octanol–water partition coefficient (Wildman–Crippen LogP) is 2.38. The largest absolute Gasteiger partial charge is 0.341 e. The number of carbonyl (C=O) groups is 1. The molecule has 2 rings (SSSR count). The van der Waals surface area contributed by atoms with Crippen LogP contribution in [0.2, 0.25) is 0 Å². The van der Waals surface area contributed by atoms with Gasteiger partial charge in [-0.3, -0.25) is 9.48 Å². The van der Waals surface area contributed by atoms with Crippen LogP contribution in [-0.4, -0.2) is 59.2 Å². The molecular weight excluding hydrogens is 312 g/mol. The van der Waals surface area contributed by atoms with Gasteiger partial charge in [-0.1, -0.05) is 30.3 Å². The van der Waals surface area contributed by atoms with Gasteiger partial charge in [0, 0.05) is 39.3 Å². The third kappa shape index (κ3) is 7.10. The summed E-state index contributed by atoms with van der Waals surface area (Å²) in [6, 6.07) is 10.5. The molecule has 0 N–H and O–H groups in total. The molecule has 5 nitrogen and oxygen atoms in total. The monoisotopic (exact) mass is 342 g/mol. The van der Waals surface area contributed by atoms with E-state index < -0.39 is 0 Å². The van der Waals surface area contributed by atoms with Crippen molar-refractivity contribution in [3.8, 4) is 0 Å². The van der Waals surface area contributed by atoms with Gasteiger partial charge in [-0.25, -0.2) is 0 Å². The minimum absolute atomic E-state index is 0.235. The van der Waals surface area contributed by atoms with E-state index in [0.717, 1.165) is 44.5 Å². The average Bonchev–Trinajstić information content (AvgIpc) is 3.02. The fraction of sp³-hybridized carbons (Fsp3) is 0.500. The SMILES string of the molecule is CN(C)CCN(CCCc1ccccc1)C(=O)CCc1cnn(C)c1. The zero-order chi connectivity index (χ0) is 18.1. The molecule has 0 unspecified atom stereocenters. The maximum absolute atomic E-state index is 12.7. The lowest BCUT2D eigenvalue weighted by Crippen LogP contribution is -2.37. The summed E-state index contributed by atoms with van der Waals surface area (Å²) in [5, 5.41) is 4.17. The molecule has 0 aliphatic rings. The first-order valence-electron chi connectivity index (χ1n) is 8.98. The second-order valence-electron chi connectivity index (χ2n) is 6.80. The molecule has 1 heterocycles. The molecule has 0 fully saturated rings. The van der Waals surface area contributed by atoms with E-state index in [1.807, 2.05) is 44.5 Å². The fourth-order valence-electron chi connectivity index (χ4n) is 2.81. The van der Waals surface area contributed by atoms with Crippen LogP contribution in [0.1, 0.15) is 24.0 Å². The van der Waals surface area contributed by atoms with Gasteiger partial charge < -0.3 is 9.80 Å². The van der Waals surface area contributed by atoms with Gasteiger partial charge >= 0.3 is 0 Å². The lowest BCUT2D eigenvalue weighted by Gasteiger charge is -2.24. The first kappa shape index (κ1) is 19.2. The number of amides is 1. The van der Waals surface area contributed by atoms with Crippen molar-refractivity contribution in [1.29, 1.82) is 0 Å². The summed E-state index contributed by atoms with van der Waals surface area (Å²) in [5.41, 5.74) is 2.45. The molecule has 2 aromatic rings. The quantitative estimate of drug-likeness (QED) is 0.666. The Morgan fingerprint density at radius 1 is 1.04 bits per heavy atom. The van der Waals surface area contributed by atoms with Gasteiger partial charge in [0.05, 0.1) is 6.20 Å². The van der Waals surface area contributed by atoms with Gasteiger partial charge in [0.15, 0.2) is 0 Å². The van der Waals surface area contributed by atoms with E-state index in [-0.39, 0.29) is 5.91 Å². The number of hydrogen-bond acceptors (Lipinski definition) is 3. The van der Waals surface area contributed by atoms with Crippen LogP contribution < -0.4 is 0 Å². The summed E-state index contributed by atoms with van der Waals surface area (Å²) in [4.78, 5) is 16.8. The van der Waals surface area contributed by atoms with Gasteiger partial charge in [0.2, 0.25) is 5.91 Å². The van der Waals surface area contributed by atoms with Crippen molar-refractivity contribution in [3.63, 3.8) is 0 Å². The summed E-state index contributed by atoms with van der Waals surface area (Å²) < 4.78 is 1.78. The third-order valence-electron chi connectivity index (χ3n) is 4.29.